The first-order chi connectivity index (χ1) is 67.8. The van der Waals surface area contributed by atoms with Crippen molar-refractivity contribution in [3.8, 4) is 78.6 Å². The number of fused-ring (bicyclic) bond motifs is 29. The molecule has 0 amide bonds. The van der Waals surface area contributed by atoms with E-state index in [-0.39, 0.29) is 20.3 Å². The summed E-state index contributed by atoms with van der Waals surface area (Å²) in [5.41, 5.74) is 37.8. The maximum atomic E-state index is 6.36. The Morgan fingerprint density at radius 1 is 0.173 bits per heavy atom. The SMILES string of the molecule is C.C.CC1(C)c2ccccc2-c2cc(-c3ccc(-n4c5ccccc5c5c4ccc4c6ccccc6n(-c6ccccc6)c45)cc3)ccc21.c1ccc(-n2c3ccccc3c3c4c5ccccc5n(-c5ccc(-c6cccc7c6oc6ccccc67)cc5)c4ccc32)cc1.c1ccc(-n2c3ccccc3c3cc4c5ccccc5n(-c5ccc(-c6ccc7oc8ccccc8c7c6)cc5)c4cc32)cc1. The van der Waals surface area contributed by atoms with Crippen LogP contribution in [0.5, 0.6) is 0 Å². The Balaban J connectivity index is 0.000000107. The van der Waals surface area contributed by atoms with Crippen LogP contribution in [-0.4, -0.2) is 27.4 Å². The van der Waals surface area contributed by atoms with Crippen LogP contribution < -0.4 is 0 Å². The van der Waals surface area contributed by atoms with E-state index in [1.165, 1.54) is 187 Å². The second-order valence-corrected chi connectivity index (χ2v) is 36.9. The molecule has 8 nitrogen and oxygen atoms in total. The van der Waals surface area contributed by atoms with Crippen molar-refractivity contribution in [3.63, 3.8) is 0 Å². The average Bonchev–Trinajstić information content (AvgIpc) is 1.55. The second-order valence-electron chi connectivity index (χ2n) is 36.9. The highest BCUT2D eigenvalue weighted by atomic mass is 16.3. The zero-order valence-corrected chi connectivity index (χ0v) is 75.0. The number of aromatic nitrogens is 6. The summed E-state index contributed by atoms with van der Waals surface area (Å²) in [6.07, 6.45) is 0. The first-order valence-electron chi connectivity index (χ1n) is 47.2. The molecule has 8 heterocycles. The summed E-state index contributed by atoms with van der Waals surface area (Å²) in [5, 5.41) is 19.8. The van der Waals surface area contributed by atoms with E-state index in [1.54, 1.807) is 0 Å². The first-order valence-corrected chi connectivity index (χ1v) is 47.2. The molecular formula is C131H92N6O2. The summed E-state index contributed by atoms with van der Waals surface area (Å²) in [5.74, 6) is 0. The molecule has 0 aliphatic heterocycles. The lowest BCUT2D eigenvalue weighted by Crippen LogP contribution is -2.14. The third-order valence-corrected chi connectivity index (χ3v) is 29.2. The standard InChI is InChI=1S/C45H32N2.2C42H26N2O.2CH4/c1-45(2)38-17-9-6-14-33(38)37-28-30(22-26-39(37)45)29-20-23-32(24-21-29)46-41-19-11-8-16-36(41)43-42(46)27-25-35-34-15-7-10-18-40(34)47(44(35)43)31-12-4-3-5-13-31;1-2-11-28(12-3-1)43-35-18-7-4-14-33(35)40-37(43)25-26-38-41(40)34-15-5-8-19-36(34)44(38)29-23-21-27(22-24-29)30-16-10-17-32-31-13-6-9-20-39(31)45-42(30)32;1-2-10-29(11-3-1)43-37-15-7-4-12-31(37)34-25-35-32-13-5-8-16-38(32)44(40(35)26-39(34)43)30-21-18-27(19-22-30)28-20-23-42-36(24-28)33-14-6-9-17-41(33)45-42;;/h3-28H,1-2H3;2*1-26H;2*1H4. The minimum Gasteiger partial charge on any atom is -0.456 e. The van der Waals surface area contributed by atoms with Crippen LogP contribution in [0, 0.1) is 0 Å². The van der Waals surface area contributed by atoms with Crippen molar-refractivity contribution in [1.82, 2.24) is 27.4 Å². The second kappa shape index (κ2) is 32.1. The van der Waals surface area contributed by atoms with E-state index in [4.69, 9.17) is 8.83 Å². The van der Waals surface area contributed by atoms with Crippen LogP contribution in [0.2, 0.25) is 0 Å². The average molecular weight is 1780 g/mol. The van der Waals surface area contributed by atoms with Gasteiger partial charge < -0.3 is 36.2 Å². The van der Waals surface area contributed by atoms with Gasteiger partial charge >= 0.3 is 0 Å². The van der Waals surface area contributed by atoms with Crippen molar-refractivity contribution >= 4 is 175 Å². The number of rotatable bonds is 9. The van der Waals surface area contributed by atoms with Gasteiger partial charge in [-0.25, -0.2) is 0 Å². The Labute approximate surface area is 802 Å². The predicted octanol–water partition coefficient (Wildman–Crippen LogP) is 36.0. The molecule has 21 aromatic carbocycles. The van der Waals surface area contributed by atoms with Crippen LogP contribution in [0.25, 0.3) is 253 Å². The van der Waals surface area contributed by atoms with Gasteiger partial charge in [-0.1, -0.05) is 332 Å². The van der Waals surface area contributed by atoms with Crippen molar-refractivity contribution in [3.05, 3.63) is 484 Å². The number of benzene rings is 21. The smallest absolute Gasteiger partial charge is 0.143 e. The summed E-state index contributed by atoms with van der Waals surface area (Å²) in [7, 11) is 0. The van der Waals surface area contributed by atoms with Crippen molar-refractivity contribution < 1.29 is 8.83 Å². The normalized spacial score (nSPS) is 12.3. The number of nitrogens with zero attached hydrogens (tertiary/aromatic N) is 6. The molecular weight excluding hydrogens is 1690 g/mol. The van der Waals surface area contributed by atoms with Crippen molar-refractivity contribution in [1.29, 1.82) is 0 Å². The lowest BCUT2D eigenvalue weighted by atomic mass is 9.82. The minimum absolute atomic E-state index is 0. The van der Waals surface area contributed by atoms with Gasteiger partial charge in [-0.3, -0.25) is 0 Å². The van der Waals surface area contributed by atoms with E-state index in [0.717, 1.165) is 77.8 Å². The Kier molecular flexibility index (Phi) is 18.9. The Morgan fingerprint density at radius 2 is 0.511 bits per heavy atom. The molecule has 0 N–H and O–H groups in total. The van der Waals surface area contributed by atoms with Gasteiger partial charge in [0.15, 0.2) is 0 Å². The van der Waals surface area contributed by atoms with Gasteiger partial charge in [0.1, 0.15) is 22.3 Å². The molecule has 658 valence electrons. The van der Waals surface area contributed by atoms with Crippen LogP contribution in [0.1, 0.15) is 39.8 Å². The molecule has 30 rings (SSSR count). The Morgan fingerprint density at radius 3 is 1.04 bits per heavy atom. The topological polar surface area (TPSA) is 55.9 Å². The molecule has 139 heavy (non-hydrogen) atoms. The molecule has 29 aromatic rings. The molecule has 0 spiro atoms. The van der Waals surface area contributed by atoms with E-state index in [0.29, 0.717) is 0 Å². The molecule has 0 fully saturated rings. The summed E-state index contributed by atoms with van der Waals surface area (Å²) >= 11 is 0. The van der Waals surface area contributed by atoms with Gasteiger partial charge in [-0.2, -0.15) is 0 Å². The molecule has 0 bridgehead atoms. The maximum Gasteiger partial charge on any atom is 0.143 e. The molecule has 0 atom stereocenters. The minimum atomic E-state index is 0. The summed E-state index contributed by atoms with van der Waals surface area (Å²) in [6, 6.07) is 171. The van der Waals surface area contributed by atoms with Crippen LogP contribution >= 0.6 is 0 Å². The third-order valence-electron chi connectivity index (χ3n) is 29.2. The molecule has 1 aliphatic carbocycles. The van der Waals surface area contributed by atoms with Gasteiger partial charge in [-0.15, -0.1) is 0 Å². The zero-order chi connectivity index (χ0) is 90.2. The van der Waals surface area contributed by atoms with Gasteiger partial charge in [0.2, 0.25) is 0 Å². The predicted molar refractivity (Wildman–Crippen MR) is 587 cm³/mol. The van der Waals surface area contributed by atoms with Crippen molar-refractivity contribution in [2.24, 2.45) is 0 Å². The molecule has 0 saturated carbocycles. The lowest BCUT2D eigenvalue weighted by molar-refractivity contribution is 0.660. The fraction of sp³-hybridized carbons (Fsp3) is 0.0382. The van der Waals surface area contributed by atoms with Crippen LogP contribution in [0.4, 0.5) is 0 Å². The fourth-order valence-electron chi connectivity index (χ4n) is 23.0. The number of hydrogen-bond donors (Lipinski definition) is 0. The molecule has 0 radical (unpaired) electrons. The van der Waals surface area contributed by atoms with Crippen molar-refractivity contribution in [2.75, 3.05) is 0 Å². The Hall–Kier alpha value is -18.0. The first kappa shape index (κ1) is 81.8. The zero-order valence-electron chi connectivity index (χ0n) is 75.0. The highest BCUT2D eigenvalue weighted by molar-refractivity contribution is 6.30. The quantitative estimate of drug-likeness (QED) is 0.145. The van der Waals surface area contributed by atoms with E-state index in [1.807, 2.05) is 24.3 Å². The maximum absolute atomic E-state index is 6.36. The highest BCUT2D eigenvalue weighted by Crippen LogP contribution is 2.52. The van der Waals surface area contributed by atoms with Crippen LogP contribution in [-0.2, 0) is 5.41 Å². The molecule has 8 aromatic heterocycles. The van der Waals surface area contributed by atoms with E-state index >= 15 is 0 Å². The monoisotopic (exact) mass is 1780 g/mol. The van der Waals surface area contributed by atoms with Gasteiger partial charge in [0.25, 0.3) is 0 Å². The molecule has 8 heteroatoms. The molecule has 1 aliphatic rings. The lowest BCUT2D eigenvalue weighted by Gasteiger charge is -2.21. The van der Waals surface area contributed by atoms with Crippen molar-refractivity contribution in [2.45, 2.75) is 34.1 Å². The van der Waals surface area contributed by atoms with E-state index in [9.17, 15) is 0 Å². The van der Waals surface area contributed by atoms with Crippen LogP contribution in [0.3, 0.4) is 0 Å². The third kappa shape index (κ3) is 12.5. The molecule has 0 unspecified atom stereocenters. The summed E-state index contributed by atoms with van der Waals surface area (Å²) < 4.78 is 26.9. The van der Waals surface area contributed by atoms with E-state index in [2.05, 4.69) is 490 Å². The van der Waals surface area contributed by atoms with Gasteiger partial charge in [0, 0.05) is 131 Å². The number of hydrogen-bond acceptors (Lipinski definition) is 2. The molecule has 0 saturated heterocycles. The van der Waals surface area contributed by atoms with Gasteiger partial charge in [-0.05, 0) is 220 Å². The van der Waals surface area contributed by atoms with Crippen LogP contribution in [0.15, 0.2) is 482 Å². The number of para-hydroxylation sites is 12. The Bertz CT molecular complexity index is 9990. The number of furan rings is 2. The fourth-order valence-corrected chi connectivity index (χ4v) is 23.0. The van der Waals surface area contributed by atoms with E-state index < -0.39 is 0 Å². The largest absolute Gasteiger partial charge is 0.456 e. The highest BCUT2D eigenvalue weighted by Gasteiger charge is 2.36. The summed E-state index contributed by atoms with van der Waals surface area (Å²) in [4.78, 5) is 0. The van der Waals surface area contributed by atoms with Gasteiger partial charge in [0.05, 0.1) is 66.2 Å². The summed E-state index contributed by atoms with van der Waals surface area (Å²) in [6.45, 7) is 4.68.